The number of nitrogens with zero attached hydrogens (tertiary/aromatic N) is 2. The topological polar surface area (TPSA) is 114 Å². The Morgan fingerprint density at radius 2 is 1.58 bits per heavy atom. The van der Waals surface area contributed by atoms with Crippen molar-refractivity contribution in [2.24, 2.45) is 0 Å². The summed E-state index contributed by atoms with van der Waals surface area (Å²) >= 11 is 0. The lowest BCUT2D eigenvalue weighted by Crippen LogP contribution is -2.23. The fourth-order valence-corrected chi connectivity index (χ4v) is 3.91. The van der Waals surface area contributed by atoms with Crippen molar-refractivity contribution in [1.82, 2.24) is 9.88 Å². The monoisotopic (exact) mass is 397 g/mol. The SMILES string of the molecule is CCS(=O)(=O)c1ccc(S(=O)(=O)Nc2cccc(C(=O)N(C)C)n2)cc1. The van der Waals surface area contributed by atoms with Crippen molar-refractivity contribution in [2.45, 2.75) is 16.7 Å². The molecule has 0 atom stereocenters. The Kier molecular flexibility index (Phi) is 5.67. The zero-order chi connectivity index (χ0) is 19.5. The number of amides is 1. The first kappa shape index (κ1) is 19.9. The second kappa shape index (κ2) is 7.42. The molecule has 0 fully saturated rings. The molecule has 10 heteroatoms. The number of carbonyl (C=O) groups excluding carboxylic acids is 1. The summed E-state index contributed by atoms with van der Waals surface area (Å²) in [6.07, 6.45) is 0. The molecule has 0 saturated heterocycles. The van der Waals surface area contributed by atoms with E-state index in [1.54, 1.807) is 14.1 Å². The first-order chi connectivity index (χ1) is 12.1. The average Bonchev–Trinajstić information content (AvgIpc) is 2.61. The molecule has 0 aliphatic carbocycles. The quantitative estimate of drug-likeness (QED) is 0.788. The molecule has 1 aromatic carbocycles. The van der Waals surface area contributed by atoms with Gasteiger partial charge in [-0.1, -0.05) is 13.0 Å². The van der Waals surface area contributed by atoms with Gasteiger partial charge in [-0.3, -0.25) is 9.52 Å². The summed E-state index contributed by atoms with van der Waals surface area (Å²) in [5, 5.41) is 0. The molecule has 1 N–H and O–H groups in total. The number of aromatic nitrogens is 1. The van der Waals surface area contributed by atoms with Gasteiger partial charge in [0.1, 0.15) is 11.5 Å². The highest BCUT2D eigenvalue weighted by Gasteiger charge is 2.18. The Balaban J connectivity index is 2.29. The number of sulfone groups is 1. The van der Waals surface area contributed by atoms with E-state index in [9.17, 15) is 21.6 Å². The molecule has 0 spiro atoms. The van der Waals surface area contributed by atoms with E-state index in [-0.39, 0.29) is 33.0 Å². The van der Waals surface area contributed by atoms with Crippen LogP contribution in [0.3, 0.4) is 0 Å². The molecule has 0 unspecified atom stereocenters. The zero-order valence-corrected chi connectivity index (χ0v) is 16.1. The minimum absolute atomic E-state index is 0.0112. The van der Waals surface area contributed by atoms with Crippen molar-refractivity contribution in [3.05, 3.63) is 48.2 Å². The third-order valence-electron chi connectivity index (χ3n) is 3.49. The Morgan fingerprint density at radius 1 is 1.00 bits per heavy atom. The molecule has 2 aromatic rings. The molecule has 8 nitrogen and oxygen atoms in total. The molecule has 0 aliphatic rings. The lowest BCUT2D eigenvalue weighted by molar-refractivity contribution is 0.0822. The number of pyridine rings is 1. The van der Waals surface area contributed by atoms with Crippen LogP contribution in [0.4, 0.5) is 5.82 Å². The molecule has 1 amide bonds. The highest BCUT2D eigenvalue weighted by atomic mass is 32.2. The third kappa shape index (κ3) is 4.38. The Hall–Kier alpha value is -2.46. The van der Waals surface area contributed by atoms with Crippen LogP contribution in [0, 0.1) is 0 Å². The summed E-state index contributed by atoms with van der Waals surface area (Å²) in [5.41, 5.74) is 0.0968. The summed E-state index contributed by atoms with van der Waals surface area (Å²) in [4.78, 5) is 17.2. The summed E-state index contributed by atoms with van der Waals surface area (Å²) < 4.78 is 50.8. The summed E-state index contributed by atoms with van der Waals surface area (Å²) in [6.45, 7) is 1.51. The van der Waals surface area contributed by atoms with Gasteiger partial charge in [0, 0.05) is 14.1 Å². The maximum absolute atomic E-state index is 12.5. The van der Waals surface area contributed by atoms with E-state index in [0.717, 1.165) is 0 Å². The van der Waals surface area contributed by atoms with Crippen LogP contribution in [-0.4, -0.2) is 52.5 Å². The van der Waals surface area contributed by atoms with Crippen LogP contribution < -0.4 is 4.72 Å². The second-order valence-electron chi connectivity index (χ2n) is 5.59. The molecule has 140 valence electrons. The lowest BCUT2D eigenvalue weighted by Gasteiger charge is -2.12. The molecule has 2 rings (SSSR count). The van der Waals surface area contributed by atoms with E-state index in [4.69, 9.17) is 0 Å². The van der Waals surface area contributed by atoms with Crippen LogP contribution in [0.15, 0.2) is 52.3 Å². The van der Waals surface area contributed by atoms with Crippen molar-refractivity contribution in [3.63, 3.8) is 0 Å². The summed E-state index contributed by atoms with van der Waals surface area (Å²) in [5.74, 6) is -0.448. The number of carbonyl (C=O) groups is 1. The van der Waals surface area contributed by atoms with Crippen LogP contribution in [0.25, 0.3) is 0 Å². The van der Waals surface area contributed by atoms with Gasteiger partial charge in [-0.25, -0.2) is 21.8 Å². The van der Waals surface area contributed by atoms with Crippen LogP contribution in [0.2, 0.25) is 0 Å². The summed E-state index contributed by atoms with van der Waals surface area (Å²) in [7, 11) is -4.27. The minimum atomic E-state index is -3.98. The number of rotatable bonds is 6. The fourth-order valence-electron chi connectivity index (χ4n) is 2.03. The molecule has 0 saturated carbocycles. The lowest BCUT2D eigenvalue weighted by atomic mass is 10.3. The van der Waals surface area contributed by atoms with Crippen LogP contribution in [0.5, 0.6) is 0 Å². The molecule has 0 radical (unpaired) electrons. The smallest absolute Gasteiger partial charge is 0.272 e. The molecule has 0 aliphatic heterocycles. The second-order valence-corrected chi connectivity index (χ2v) is 9.55. The van der Waals surface area contributed by atoms with Crippen molar-refractivity contribution < 1.29 is 21.6 Å². The number of hydrogen-bond acceptors (Lipinski definition) is 6. The van der Waals surface area contributed by atoms with Gasteiger partial charge < -0.3 is 4.90 Å². The average molecular weight is 397 g/mol. The Morgan fingerprint density at radius 3 is 2.12 bits per heavy atom. The summed E-state index contributed by atoms with van der Waals surface area (Å²) in [6, 6.07) is 9.31. The van der Waals surface area contributed by atoms with E-state index in [2.05, 4.69) is 9.71 Å². The minimum Gasteiger partial charge on any atom is -0.343 e. The normalized spacial score (nSPS) is 11.8. The predicted octanol–water partition coefficient (Wildman–Crippen LogP) is 1.38. The predicted molar refractivity (Wildman–Crippen MR) is 97.2 cm³/mol. The van der Waals surface area contributed by atoms with Crippen LogP contribution in [-0.2, 0) is 19.9 Å². The number of anilines is 1. The first-order valence-corrected chi connectivity index (χ1v) is 10.7. The Bertz CT molecular complexity index is 1010. The highest BCUT2D eigenvalue weighted by Crippen LogP contribution is 2.18. The fraction of sp³-hybridized carbons (Fsp3) is 0.250. The highest BCUT2D eigenvalue weighted by molar-refractivity contribution is 7.92. The van der Waals surface area contributed by atoms with Crippen molar-refractivity contribution in [1.29, 1.82) is 0 Å². The van der Waals surface area contributed by atoms with E-state index < -0.39 is 19.9 Å². The molecule has 26 heavy (non-hydrogen) atoms. The molecule has 0 bridgehead atoms. The number of nitrogens with one attached hydrogen (secondary N) is 1. The van der Waals surface area contributed by atoms with Gasteiger partial charge in [0.2, 0.25) is 0 Å². The maximum Gasteiger partial charge on any atom is 0.272 e. The van der Waals surface area contributed by atoms with E-state index in [1.165, 1.54) is 54.3 Å². The van der Waals surface area contributed by atoms with Crippen LogP contribution in [0.1, 0.15) is 17.4 Å². The van der Waals surface area contributed by atoms with Crippen molar-refractivity contribution in [2.75, 3.05) is 24.6 Å². The van der Waals surface area contributed by atoms with E-state index in [0.29, 0.717) is 0 Å². The molecular weight excluding hydrogens is 378 g/mol. The van der Waals surface area contributed by atoms with Gasteiger partial charge in [-0.05, 0) is 36.4 Å². The molecular formula is C16H19N3O5S2. The largest absolute Gasteiger partial charge is 0.343 e. The van der Waals surface area contributed by atoms with Gasteiger partial charge in [0.15, 0.2) is 9.84 Å². The van der Waals surface area contributed by atoms with Gasteiger partial charge in [-0.2, -0.15) is 0 Å². The van der Waals surface area contributed by atoms with Gasteiger partial charge in [0.25, 0.3) is 15.9 Å². The number of sulfonamides is 1. The Labute approximate surface area is 152 Å². The van der Waals surface area contributed by atoms with Gasteiger partial charge >= 0.3 is 0 Å². The maximum atomic E-state index is 12.5. The van der Waals surface area contributed by atoms with Crippen molar-refractivity contribution >= 4 is 31.6 Å². The molecule has 1 heterocycles. The number of hydrogen-bond donors (Lipinski definition) is 1. The van der Waals surface area contributed by atoms with Gasteiger partial charge in [-0.15, -0.1) is 0 Å². The number of benzene rings is 1. The van der Waals surface area contributed by atoms with Crippen molar-refractivity contribution in [3.8, 4) is 0 Å². The van der Waals surface area contributed by atoms with E-state index in [1.807, 2.05) is 0 Å². The third-order valence-corrected chi connectivity index (χ3v) is 6.61. The zero-order valence-electron chi connectivity index (χ0n) is 14.5. The van der Waals surface area contributed by atoms with Crippen LogP contribution >= 0.6 is 0 Å². The van der Waals surface area contributed by atoms with E-state index >= 15 is 0 Å². The molecule has 1 aromatic heterocycles. The standard InChI is InChI=1S/C16H19N3O5S2/c1-4-25(21,22)12-8-10-13(11-9-12)26(23,24)18-15-7-5-6-14(17-15)16(20)19(2)3/h5-11H,4H2,1-3H3,(H,17,18). The van der Waals surface area contributed by atoms with Gasteiger partial charge in [0.05, 0.1) is 15.5 Å². The first-order valence-electron chi connectivity index (χ1n) is 7.61.